The van der Waals surface area contributed by atoms with Crippen molar-refractivity contribution in [3.8, 4) is 0 Å². The van der Waals surface area contributed by atoms with Crippen LogP contribution in [0.4, 0.5) is 0 Å². The summed E-state index contributed by atoms with van der Waals surface area (Å²) >= 11 is 0. The van der Waals surface area contributed by atoms with Gasteiger partial charge in [-0.1, -0.05) is 26.0 Å². The number of benzene rings is 1. The summed E-state index contributed by atoms with van der Waals surface area (Å²) in [6.07, 6.45) is 2.02. The summed E-state index contributed by atoms with van der Waals surface area (Å²) in [6.45, 7) is 5.34. The molecule has 0 bridgehead atoms. The Morgan fingerprint density at radius 1 is 1.44 bits per heavy atom. The molecule has 2 aromatic rings. The molecule has 3 N–H and O–H groups in total. The molecule has 1 aromatic heterocycles. The van der Waals surface area contributed by atoms with E-state index in [0.29, 0.717) is 24.6 Å². The van der Waals surface area contributed by atoms with Crippen molar-refractivity contribution in [1.29, 1.82) is 0 Å². The van der Waals surface area contributed by atoms with Crippen molar-refractivity contribution >= 4 is 16.9 Å². The fourth-order valence-corrected chi connectivity index (χ4v) is 2.34. The summed E-state index contributed by atoms with van der Waals surface area (Å²) < 4.78 is 1.95. The molecular formula is C14H18N2O2. The van der Waals surface area contributed by atoms with E-state index in [1.807, 2.05) is 16.8 Å². The number of para-hydroxylation sites is 1. The molecule has 0 amide bonds. The third-order valence-corrected chi connectivity index (χ3v) is 3.15. The van der Waals surface area contributed by atoms with Gasteiger partial charge >= 0.3 is 5.97 Å². The average molecular weight is 246 g/mol. The van der Waals surface area contributed by atoms with Gasteiger partial charge in [0, 0.05) is 24.7 Å². The third-order valence-electron chi connectivity index (χ3n) is 3.15. The van der Waals surface area contributed by atoms with Gasteiger partial charge < -0.3 is 15.4 Å². The van der Waals surface area contributed by atoms with Crippen LogP contribution in [0.2, 0.25) is 0 Å². The first kappa shape index (κ1) is 12.6. The van der Waals surface area contributed by atoms with Crippen molar-refractivity contribution in [1.82, 2.24) is 4.57 Å². The number of aromatic nitrogens is 1. The summed E-state index contributed by atoms with van der Waals surface area (Å²) in [4.78, 5) is 11.3. The molecule has 18 heavy (non-hydrogen) atoms. The third kappa shape index (κ3) is 1.99. The van der Waals surface area contributed by atoms with Crippen molar-refractivity contribution in [3.63, 3.8) is 0 Å². The van der Waals surface area contributed by atoms with Crippen LogP contribution in [0.5, 0.6) is 0 Å². The minimum atomic E-state index is -0.896. The molecule has 0 saturated carbocycles. The van der Waals surface area contributed by atoms with Crippen molar-refractivity contribution in [2.75, 3.05) is 6.54 Å². The normalized spacial score (nSPS) is 11.3. The monoisotopic (exact) mass is 246 g/mol. The summed E-state index contributed by atoms with van der Waals surface area (Å²) in [7, 11) is 0. The number of carboxylic acids is 1. The van der Waals surface area contributed by atoms with Crippen molar-refractivity contribution in [3.05, 3.63) is 35.5 Å². The van der Waals surface area contributed by atoms with E-state index >= 15 is 0 Å². The molecule has 0 saturated heterocycles. The van der Waals surface area contributed by atoms with Crippen molar-refractivity contribution in [2.24, 2.45) is 5.73 Å². The Hall–Kier alpha value is -1.81. The molecule has 0 atom stereocenters. The Bertz CT molecular complexity index is 585. The Labute approximate surface area is 106 Å². The lowest BCUT2D eigenvalue weighted by molar-refractivity contribution is 0.0698. The summed E-state index contributed by atoms with van der Waals surface area (Å²) in [6, 6.07) is 5.41. The maximum atomic E-state index is 11.3. The topological polar surface area (TPSA) is 68.2 Å². The first-order valence-electron chi connectivity index (χ1n) is 6.11. The molecule has 1 heterocycles. The van der Waals surface area contributed by atoms with Gasteiger partial charge in [0.1, 0.15) is 0 Å². The van der Waals surface area contributed by atoms with Crippen molar-refractivity contribution < 1.29 is 9.90 Å². The van der Waals surface area contributed by atoms with Crippen LogP contribution in [0.1, 0.15) is 35.7 Å². The molecule has 0 aliphatic carbocycles. The predicted molar refractivity (Wildman–Crippen MR) is 72.0 cm³/mol. The maximum Gasteiger partial charge on any atom is 0.337 e. The molecule has 0 spiro atoms. The fraction of sp³-hybridized carbons (Fsp3) is 0.357. The number of hydrogen-bond acceptors (Lipinski definition) is 2. The van der Waals surface area contributed by atoms with Crippen LogP contribution in [0.3, 0.4) is 0 Å². The highest BCUT2D eigenvalue weighted by Crippen LogP contribution is 2.29. The van der Waals surface area contributed by atoms with Gasteiger partial charge in [-0.25, -0.2) is 4.79 Å². The van der Waals surface area contributed by atoms with Gasteiger partial charge in [0.05, 0.1) is 11.1 Å². The Morgan fingerprint density at radius 2 is 2.17 bits per heavy atom. The Kier molecular flexibility index (Phi) is 3.39. The lowest BCUT2D eigenvalue weighted by Gasteiger charge is -2.05. The smallest absolute Gasteiger partial charge is 0.337 e. The number of rotatable bonds is 4. The van der Waals surface area contributed by atoms with Crippen LogP contribution in [0.25, 0.3) is 10.9 Å². The lowest BCUT2D eigenvalue weighted by Crippen LogP contribution is -2.10. The van der Waals surface area contributed by atoms with Gasteiger partial charge in [0.2, 0.25) is 0 Å². The van der Waals surface area contributed by atoms with Crippen LogP contribution in [0, 0.1) is 0 Å². The second-order valence-corrected chi connectivity index (χ2v) is 4.73. The maximum absolute atomic E-state index is 11.3. The number of hydrogen-bond donors (Lipinski definition) is 2. The molecule has 4 heteroatoms. The van der Waals surface area contributed by atoms with Gasteiger partial charge in [-0.2, -0.15) is 0 Å². The molecule has 0 radical (unpaired) electrons. The lowest BCUT2D eigenvalue weighted by atomic mass is 10.0. The minimum Gasteiger partial charge on any atom is -0.478 e. The number of fused-ring (bicyclic) bond motifs is 1. The standard InChI is InChI=1S/C14H18N2O2/c1-9(2)12-8-16(7-6-15)13-10(12)4-3-5-11(13)14(17)18/h3-5,8-9H,6-7,15H2,1-2H3,(H,17,18). The van der Waals surface area contributed by atoms with E-state index < -0.39 is 5.97 Å². The van der Waals surface area contributed by atoms with Crippen molar-refractivity contribution in [2.45, 2.75) is 26.3 Å². The zero-order valence-electron chi connectivity index (χ0n) is 10.7. The molecule has 0 aliphatic rings. The molecular weight excluding hydrogens is 228 g/mol. The molecule has 2 rings (SSSR count). The van der Waals surface area contributed by atoms with E-state index in [1.54, 1.807) is 12.1 Å². The van der Waals surface area contributed by atoms with Crippen LogP contribution in [0.15, 0.2) is 24.4 Å². The van der Waals surface area contributed by atoms with E-state index in [9.17, 15) is 9.90 Å². The molecule has 1 aromatic carbocycles. The second kappa shape index (κ2) is 4.82. The first-order valence-corrected chi connectivity index (χ1v) is 6.11. The highest BCUT2D eigenvalue weighted by atomic mass is 16.4. The summed E-state index contributed by atoms with van der Waals surface area (Å²) in [5.41, 5.74) is 7.88. The summed E-state index contributed by atoms with van der Waals surface area (Å²) in [5, 5.41) is 10.3. The van der Waals surface area contributed by atoms with Gasteiger partial charge in [-0.05, 0) is 17.5 Å². The molecule has 4 nitrogen and oxygen atoms in total. The van der Waals surface area contributed by atoms with Gasteiger partial charge in [0.25, 0.3) is 0 Å². The second-order valence-electron chi connectivity index (χ2n) is 4.73. The van der Waals surface area contributed by atoms with E-state index in [1.165, 1.54) is 5.56 Å². The molecule has 0 unspecified atom stereocenters. The number of nitrogens with zero attached hydrogens (tertiary/aromatic N) is 1. The minimum absolute atomic E-state index is 0.341. The molecule has 96 valence electrons. The highest BCUT2D eigenvalue weighted by Gasteiger charge is 2.16. The largest absolute Gasteiger partial charge is 0.478 e. The highest BCUT2D eigenvalue weighted by molar-refractivity contribution is 6.03. The van der Waals surface area contributed by atoms with E-state index in [-0.39, 0.29) is 0 Å². The molecule has 0 fully saturated rings. The number of aromatic carboxylic acids is 1. The van der Waals surface area contributed by atoms with E-state index in [4.69, 9.17) is 5.73 Å². The van der Waals surface area contributed by atoms with Gasteiger partial charge in [-0.3, -0.25) is 0 Å². The number of nitrogens with two attached hydrogens (primary N) is 1. The SMILES string of the molecule is CC(C)c1cn(CCN)c2c(C(=O)O)cccc12. The zero-order valence-corrected chi connectivity index (χ0v) is 10.7. The zero-order chi connectivity index (χ0) is 13.3. The predicted octanol–water partition coefficient (Wildman–Crippen LogP) is 2.42. The Balaban J connectivity index is 2.78. The van der Waals surface area contributed by atoms with Gasteiger partial charge in [-0.15, -0.1) is 0 Å². The van der Waals surface area contributed by atoms with E-state index in [2.05, 4.69) is 13.8 Å². The number of carboxylic acid groups (broad SMARTS) is 1. The quantitative estimate of drug-likeness (QED) is 0.870. The summed E-state index contributed by atoms with van der Waals surface area (Å²) in [5.74, 6) is -0.539. The van der Waals surface area contributed by atoms with Crippen LogP contribution in [-0.4, -0.2) is 22.2 Å². The Morgan fingerprint density at radius 3 is 2.72 bits per heavy atom. The fourth-order valence-electron chi connectivity index (χ4n) is 2.34. The van der Waals surface area contributed by atoms with Crippen LogP contribution >= 0.6 is 0 Å². The molecule has 0 aliphatic heterocycles. The number of carbonyl (C=O) groups is 1. The average Bonchev–Trinajstić information content (AvgIpc) is 2.69. The first-order chi connectivity index (χ1) is 8.56. The van der Waals surface area contributed by atoms with Crippen LogP contribution < -0.4 is 5.73 Å². The van der Waals surface area contributed by atoms with Gasteiger partial charge in [0.15, 0.2) is 0 Å². The van der Waals surface area contributed by atoms with E-state index in [0.717, 1.165) is 10.9 Å². The van der Waals surface area contributed by atoms with Crippen LogP contribution in [-0.2, 0) is 6.54 Å².